The molecule has 0 bridgehead atoms. The normalized spacial score (nSPS) is 28.1. The number of esters is 1. The number of hydrogen-bond acceptors (Lipinski definition) is 3. The largest absolute Gasteiger partial charge is 0.463 e. The summed E-state index contributed by atoms with van der Waals surface area (Å²) in [7, 11) is 0. The van der Waals surface area contributed by atoms with Crippen LogP contribution in [0.25, 0.3) is 6.08 Å². The van der Waals surface area contributed by atoms with Gasteiger partial charge in [0.05, 0.1) is 12.2 Å². The topological polar surface area (TPSA) is 46.5 Å². The minimum absolute atomic E-state index is 0.350. The van der Waals surface area contributed by atoms with Crippen LogP contribution in [0.2, 0.25) is 0 Å². The number of carbonyl (C=O) groups excluding carboxylic acids is 1. The average Bonchev–Trinajstić information content (AvgIpc) is 2.73. The third kappa shape index (κ3) is 4.57. The van der Waals surface area contributed by atoms with Crippen molar-refractivity contribution < 1.29 is 14.6 Å². The lowest BCUT2D eigenvalue weighted by Gasteiger charge is -2.40. The number of benzene rings is 1. The third-order valence-corrected chi connectivity index (χ3v) is 4.97. The van der Waals surface area contributed by atoms with Crippen LogP contribution >= 0.6 is 0 Å². The Morgan fingerprint density at radius 3 is 2.58 bits per heavy atom. The van der Waals surface area contributed by atoms with E-state index in [4.69, 9.17) is 4.74 Å². The molecule has 2 atom stereocenters. The van der Waals surface area contributed by atoms with Crippen LogP contribution in [0, 0.1) is 5.41 Å². The first kappa shape index (κ1) is 18.5. The van der Waals surface area contributed by atoms with Crippen LogP contribution in [0.4, 0.5) is 0 Å². The second-order valence-corrected chi connectivity index (χ2v) is 6.73. The van der Waals surface area contributed by atoms with Crippen molar-refractivity contribution in [2.75, 3.05) is 6.61 Å². The minimum Gasteiger partial charge on any atom is -0.463 e. The molecule has 0 radical (unpaired) electrons. The molecular formula is C21H28O3. The van der Waals surface area contributed by atoms with Crippen LogP contribution in [0.3, 0.4) is 0 Å². The molecule has 1 fully saturated rings. The SMILES string of the molecule is CCOC(=O)/C=C/C1(C)CCCCCC1(O)/C=C/c1ccccc1. The predicted octanol–water partition coefficient (Wildman–Crippen LogP) is 4.52. The summed E-state index contributed by atoms with van der Waals surface area (Å²) in [6, 6.07) is 9.97. The van der Waals surface area contributed by atoms with Crippen molar-refractivity contribution >= 4 is 12.0 Å². The molecule has 0 spiro atoms. The molecule has 1 aliphatic carbocycles. The fourth-order valence-electron chi connectivity index (χ4n) is 3.31. The van der Waals surface area contributed by atoms with Crippen molar-refractivity contribution in [1.29, 1.82) is 0 Å². The lowest BCUT2D eigenvalue weighted by molar-refractivity contribution is -0.137. The van der Waals surface area contributed by atoms with Crippen molar-refractivity contribution in [3.05, 3.63) is 54.1 Å². The first-order valence-electron chi connectivity index (χ1n) is 8.82. The molecule has 1 aliphatic rings. The zero-order chi connectivity index (χ0) is 17.5. The van der Waals surface area contributed by atoms with E-state index in [0.717, 1.165) is 31.2 Å². The molecule has 0 amide bonds. The van der Waals surface area contributed by atoms with Gasteiger partial charge in [0.25, 0.3) is 0 Å². The average molecular weight is 328 g/mol. The lowest BCUT2D eigenvalue weighted by atomic mass is 9.69. The van der Waals surface area contributed by atoms with E-state index in [1.54, 1.807) is 6.92 Å². The summed E-state index contributed by atoms with van der Waals surface area (Å²) in [6.45, 7) is 4.18. The summed E-state index contributed by atoms with van der Waals surface area (Å²) >= 11 is 0. The first-order chi connectivity index (χ1) is 11.5. The van der Waals surface area contributed by atoms with Crippen molar-refractivity contribution in [2.24, 2.45) is 5.41 Å². The Kier molecular flexibility index (Phi) is 6.38. The number of aliphatic hydroxyl groups is 1. The van der Waals surface area contributed by atoms with E-state index in [1.165, 1.54) is 6.08 Å². The van der Waals surface area contributed by atoms with Crippen LogP contribution in [-0.2, 0) is 9.53 Å². The fourth-order valence-corrected chi connectivity index (χ4v) is 3.31. The summed E-state index contributed by atoms with van der Waals surface area (Å²) in [6.07, 6.45) is 11.9. The summed E-state index contributed by atoms with van der Waals surface area (Å²) in [5, 5.41) is 11.4. The molecule has 24 heavy (non-hydrogen) atoms. The van der Waals surface area contributed by atoms with Gasteiger partial charge in [-0.3, -0.25) is 0 Å². The van der Waals surface area contributed by atoms with E-state index >= 15 is 0 Å². The maximum atomic E-state index is 11.7. The number of carbonyl (C=O) groups is 1. The Bertz CT molecular complexity index is 590. The standard InChI is InChI=1S/C21H28O3/c1-3-24-19(22)13-16-20(2)14-8-5-9-15-21(20,23)17-12-18-10-6-4-7-11-18/h4,6-7,10-13,16-17,23H,3,5,8-9,14-15H2,1-2H3/b16-13+,17-12+. The maximum Gasteiger partial charge on any atom is 0.330 e. The summed E-state index contributed by atoms with van der Waals surface area (Å²) < 4.78 is 4.98. The number of ether oxygens (including phenoxy) is 1. The molecule has 1 saturated carbocycles. The van der Waals surface area contributed by atoms with Gasteiger partial charge in [-0.2, -0.15) is 0 Å². The van der Waals surface area contributed by atoms with Gasteiger partial charge < -0.3 is 9.84 Å². The van der Waals surface area contributed by atoms with Gasteiger partial charge in [-0.15, -0.1) is 0 Å². The van der Waals surface area contributed by atoms with Gasteiger partial charge in [-0.05, 0) is 25.3 Å². The highest BCUT2D eigenvalue weighted by atomic mass is 16.5. The van der Waals surface area contributed by atoms with E-state index in [0.29, 0.717) is 13.0 Å². The second kappa shape index (κ2) is 8.29. The zero-order valence-electron chi connectivity index (χ0n) is 14.7. The molecule has 0 aliphatic heterocycles. The van der Waals surface area contributed by atoms with Crippen molar-refractivity contribution in [2.45, 2.75) is 51.6 Å². The van der Waals surface area contributed by atoms with Crippen LogP contribution in [0.5, 0.6) is 0 Å². The van der Waals surface area contributed by atoms with Gasteiger partial charge in [0, 0.05) is 11.5 Å². The summed E-state index contributed by atoms with van der Waals surface area (Å²) in [4.78, 5) is 11.7. The van der Waals surface area contributed by atoms with E-state index in [2.05, 4.69) is 0 Å². The van der Waals surface area contributed by atoms with Crippen LogP contribution < -0.4 is 0 Å². The predicted molar refractivity (Wildman–Crippen MR) is 97.4 cm³/mol. The van der Waals surface area contributed by atoms with Gasteiger partial charge in [0.1, 0.15) is 0 Å². The van der Waals surface area contributed by atoms with Gasteiger partial charge in [-0.1, -0.05) is 74.7 Å². The molecule has 0 heterocycles. The van der Waals surface area contributed by atoms with E-state index in [9.17, 15) is 9.90 Å². The third-order valence-electron chi connectivity index (χ3n) is 4.97. The summed E-state index contributed by atoms with van der Waals surface area (Å²) in [5.41, 5.74) is -0.393. The van der Waals surface area contributed by atoms with Crippen molar-refractivity contribution in [1.82, 2.24) is 0 Å². The molecule has 0 saturated heterocycles. The van der Waals surface area contributed by atoms with Crippen molar-refractivity contribution in [3.8, 4) is 0 Å². The molecule has 3 heteroatoms. The Morgan fingerprint density at radius 2 is 1.88 bits per heavy atom. The molecule has 130 valence electrons. The highest BCUT2D eigenvalue weighted by Gasteiger charge is 2.43. The number of rotatable bonds is 5. The van der Waals surface area contributed by atoms with Gasteiger partial charge in [0.15, 0.2) is 0 Å². The molecule has 2 rings (SSSR count). The fraction of sp³-hybridized carbons (Fsp3) is 0.476. The van der Waals surface area contributed by atoms with E-state index < -0.39 is 11.0 Å². The maximum absolute atomic E-state index is 11.7. The Labute approximate surface area is 145 Å². The second-order valence-electron chi connectivity index (χ2n) is 6.73. The van der Waals surface area contributed by atoms with Crippen LogP contribution in [0.1, 0.15) is 51.5 Å². The molecule has 1 aromatic rings. The van der Waals surface area contributed by atoms with E-state index in [1.807, 2.05) is 55.5 Å². The number of hydrogen-bond donors (Lipinski definition) is 1. The highest BCUT2D eigenvalue weighted by molar-refractivity contribution is 5.82. The highest BCUT2D eigenvalue weighted by Crippen LogP contribution is 2.45. The lowest BCUT2D eigenvalue weighted by Crippen LogP contribution is -2.43. The summed E-state index contributed by atoms with van der Waals surface area (Å²) in [5.74, 6) is -0.350. The Morgan fingerprint density at radius 1 is 1.17 bits per heavy atom. The van der Waals surface area contributed by atoms with Crippen LogP contribution in [0.15, 0.2) is 48.6 Å². The Balaban J connectivity index is 2.27. The minimum atomic E-state index is -0.970. The smallest absolute Gasteiger partial charge is 0.330 e. The molecule has 1 N–H and O–H groups in total. The zero-order valence-corrected chi connectivity index (χ0v) is 14.7. The monoisotopic (exact) mass is 328 g/mol. The van der Waals surface area contributed by atoms with Gasteiger partial charge in [-0.25, -0.2) is 4.79 Å². The Hall–Kier alpha value is -1.87. The van der Waals surface area contributed by atoms with Gasteiger partial charge in [0.2, 0.25) is 0 Å². The molecule has 3 nitrogen and oxygen atoms in total. The first-order valence-corrected chi connectivity index (χ1v) is 8.82. The molecular weight excluding hydrogens is 300 g/mol. The van der Waals surface area contributed by atoms with Crippen molar-refractivity contribution in [3.63, 3.8) is 0 Å². The van der Waals surface area contributed by atoms with E-state index in [-0.39, 0.29) is 5.97 Å². The molecule has 0 aromatic heterocycles. The molecule has 2 unspecified atom stereocenters. The van der Waals surface area contributed by atoms with Crippen LogP contribution in [-0.4, -0.2) is 23.3 Å². The van der Waals surface area contributed by atoms with Gasteiger partial charge >= 0.3 is 5.97 Å². The quantitative estimate of drug-likeness (QED) is 0.491. The molecule has 1 aromatic carbocycles.